The Kier molecular flexibility index (Phi) is 3.40. The second-order valence-electron chi connectivity index (χ2n) is 4.55. The predicted molar refractivity (Wildman–Crippen MR) is 69.6 cm³/mol. The average molecular weight is 254 g/mol. The van der Waals surface area contributed by atoms with Gasteiger partial charge >= 0.3 is 0 Å². The molecule has 17 heavy (non-hydrogen) atoms. The van der Waals surface area contributed by atoms with Gasteiger partial charge in [0.25, 0.3) is 0 Å². The fraction of sp³-hybridized carbons (Fsp3) is 0.500. The number of rotatable bonds is 3. The Bertz CT molecular complexity index is 473. The van der Waals surface area contributed by atoms with E-state index in [1.54, 1.807) is 0 Å². The van der Waals surface area contributed by atoms with Gasteiger partial charge < -0.3 is 4.90 Å². The highest BCUT2D eigenvalue weighted by Gasteiger charge is 2.32. The first-order valence-electron chi connectivity index (χ1n) is 5.76. The van der Waals surface area contributed by atoms with Crippen molar-refractivity contribution in [3.8, 4) is 0 Å². The number of benzene rings is 1. The van der Waals surface area contributed by atoms with Crippen LogP contribution in [0.3, 0.4) is 0 Å². The van der Waals surface area contributed by atoms with Gasteiger partial charge in [0.05, 0.1) is 6.26 Å². The van der Waals surface area contributed by atoms with Crippen LogP contribution >= 0.6 is 0 Å². The summed E-state index contributed by atoms with van der Waals surface area (Å²) >= 11 is 0. The second-order valence-corrected chi connectivity index (χ2v) is 6.33. The fourth-order valence-corrected chi connectivity index (χ4v) is 3.22. The summed E-state index contributed by atoms with van der Waals surface area (Å²) in [5.74, 6) is 0. The number of nitrogens with one attached hydrogen (secondary N) is 1. The lowest BCUT2D eigenvalue weighted by molar-refractivity contribution is 0.535. The van der Waals surface area contributed by atoms with Crippen LogP contribution in [0.5, 0.6) is 0 Å². The van der Waals surface area contributed by atoms with Crippen molar-refractivity contribution in [1.29, 1.82) is 0 Å². The van der Waals surface area contributed by atoms with Crippen LogP contribution in [0, 0.1) is 0 Å². The maximum Gasteiger partial charge on any atom is 0.209 e. The molecule has 0 amide bonds. The quantitative estimate of drug-likeness (QED) is 0.882. The molecule has 2 atom stereocenters. The molecule has 1 aliphatic rings. The molecule has 0 radical (unpaired) electrons. The Labute approximate surface area is 103 Å². The summed E-state index contributed by atoms with van der Waals surface area (Å²) in [7, 11) is -3.12. The first-order chi connectivity index (χ1) is 7.97. The van der Waals surface area contributed by atoms with Crippen molar-refractivity contribution in [2.24, 2.45) is 0 Å². The van der Waals surface area contributed by atoms with E-state index in [9.17, 15) is 8.42 Å². The maximum atomic E-state index is 11.2. The van der Waals surface area contributed by atoms with Crippen LogP contribution < -0.4 is 9.62 Å². The van der Waals surface area contributed by atoms with Gasteiger partial charge in [-0.05, 0) is 25.5 Å². The molecule has 0 bridgehead atoms. The zero-order valence-electron chi connectivity index (χ0n) is 10.1. The van der Waals surface area contributed by atoms with E-state index in [2.05, 4.69) is 28.7 Å². The number of hydrogen-bond acceptors (Lipinski definition) is 3. The predicted octanol–water partition coefficient (Wildman–Crippen LogP) is 1.20. The van der Waals surface area contributed by atoms with E-state index >= 15 is 0 Å². The Hall–Kier alpha value is -1.07. The van der Waals surface area contributed by atoms with E-state index in [1.807, 2.05) is 18.2 Å². The normalized spacial score (nSPS) is 25.2. The molecule has 0 aromatic heterocycles. The number of anilines is 1. The van der Waals surface area contributed by atoms with Crippen molar-refractivity contribution in [3.63, 3.8) is 0 Å². The van der Waals surface area contributed by atoms with Crippen molar-refractivity contribution in [2.75, 3.05) is 17.7 Å². The first kappa shape index (κ1) is 12.4. The third-order valence-electron chi connectivity index (χ3n) is 3.21. The second kappa shape index (κ2) is 4.66. The molecule has 5 heteroatoms. The Balaban J connectivity index is 2.10. The SMILES string of the molecule is CC1[C@@H](NS(C)(=O)=O)CCN1c1ccccc1. The van der Waals surface area contributed by atoms with Crippen LogP contribution in [0.2, 0.25) is 0 Å². The number of nitrogens with zero attached hydrogens (tertiary/aromatic N) is 1. The summed E-state index contributed by atoms with van der Waals surface area (Å²) in [5.41, 5.74) is 1.15. The molecule has 0 aliphatic carbocycles. The van der Waals surface area contributed by atoms with E-state index in [4.69, 9.17) is 0 Å². The summed E-state index contributed by atoms with van der Waals surface area (Å²) in [6.07, 6.45) is 2.06. The van der Waals surface area contributed by atoms with E-state index in [1.165, 1.54) is 6.26 Å². The van der Waals surface area contributed by atoms with E-state index < -0.39 is 10.0 Å². The highest BCUT2D eigenvalue weighted by molar-refractivity contribution is 7.88. The lowest BCUT2D eigenvalue weighted by atomic mass is 10.1. The first-order valence-corrected chi connectivity index (χ1v) is 7.65. The van der Waals surface area contributed by atoms with E-state index in [-0.39, 0.29) is 12.1 Å². The number of hydrogen-bond donors (Lipinski definition) is 1. The molecule has 1 fully saturated rings. The lowest BCUT2D eigenvalue weighted by Gasteiger charge is -2.26. The number of para-hydroxylation sites is 1. The Morgan fingerprint density at radius 2 is 1.94 bits per heavy atom. The third kappa shape index (κ3) is 2.98. The van der Waals surface area contributed by atoms with Crippen LogP contribution in [0.15, 0.2) is 30.3 Å². The molecule has 1 aliphatic heterocycles. The van der Waals surface area contributed by atoms with Gasteiger partial charge in [0, 0.05) is 24.3 Å². The van der Waals surface area contributed by atoms with Gasteiger partial charge in [0.2, 0.25) is 10.0 Å². The topological polar surface area (TPSA) is 49.4 Å². The van der Waals surface area contributed by atoms with Crippen molar-refractivity contribution in [1.82, 2.24) is 4.72 Å². The minimum Gasteiger partial charge on any atom is -0.367 e. The molecule has 1 saturated heterocycles. The van der Waals surface area contributed by atoms with Gasteiger partial charge in [-0.2, -0.15) is 0 Å². The largest absolute Gasteiger partial charge is 0.367 e. The van der Waals surface area contributed by atoms with Crippen molar-refractivity contribution in [3.05, 3.63) is 30.3 Å². The van der Waals surface area contributed by atoms with Crippen LogP contribution in [0.4, 0.5) is 5.69 Å². The zero-order chi connectivity index (χ0) is 12.5. The zero-order valence-corrected chi connectivity index (χ0v) is 10.9. The maximum absolute atomic E-state index is 11.2. The molecule has 1 aromatic rings. The molecule has 4 nitrogen and oxygen atoms in total. The summed E-state index contributed by atoms with van der Waals surface area (Å²) < 4.78 is 25.2. The minimum absolute atomic E-state index is 0.00482. The summed E-state index contributed by atoms with van der Waals surface area (Å²) in [4.78, 5) is 2.24. The van der Waals surface area contributed by atoms with E-state index in [0.29, 0.717) is 0 Å². The summed E-state index contributed by atoms with van der Waals surface area (Å²) in [6, 6.07) is 10.3. The Morgan fingerprint density at radius 1 is 1.29 bits per heavy atom. The van der Waals surface area contributed by atoms with Gasteiger partial charge in [0.15, 0.2) is 0 Å². The molecule has 2 rings (SSSR count). The standard InChI is InChI=1S/C12H18N2O2S/c1-10-12(13-17(2,15)16)8-9-14(10)11-6-4-3-5-7-11/h3-7,10,12-13H,8-9H2,1-2H3/t10?,12-/m0/s1. The fourth-order valence-electron chi connectivity index (χ4n) is 2.36. The van der Waals surface area contributed by atoms with Crippen molar-refractivity contribution >= 4 is 15.7 Å². The van der Waals surface area contributed by atoms with E-state index in [0.717, 1.165) is 18.7 Å². The van der Waals surface area contributed by atoms with Gasteiger partial charge in [-0.15, -0.1) is 0 Å². The van der Waals surface area contributed by atoms with Crippen LogP contribution in [-0.2, 0) is 10.0 Å². The minimum atomic E-state index is -3.12. The van der Waals surface area contributed by atoms with Gasteiger partial charge in [-0.3, -0.25) is 0 Å². The van der Waals surface area contributed by atoms with Gasteiger partial charge in [-0.25, -0.2) is 13.1 Å². The molecule has 1 heterocycles. The molecule has 0 spiro atoms. The van der Waals surface area contributed by atoms with Crippen LogP contribution in [0.1, 0.15) is 13.3 Å². The molecule has 1 N–H and O–H groups in total. The molecule has 1 unspecified atom stereocenters. The molecule has 1 aromatic carbocycles. The van der Waals surface area contributed by atoms with Crippen molar-refractivity contribution < 1.29 is 8.42 Å². The van der Waals surface area contributed by atoms with Crippen LogP contribution in [-0.4, -0.2) is 33.3 Å². The molecular formula is C12H18N2O2S. The lowest BCUT2D eigenvalue weighted by Crippen LogP contribution is -2.42. The van der Waals surface area contributed by atoms with Crippen LogP contribution in [0.25, 0.3) is 0 Å². The molecule has 94 valence electrons. The average Bonchev–Trinajstić information content (AvgIpc) is 2.60. The monoisotopic (exact) mass is 254 g/mol. The summed E-state index contributed by atoms with van der Waals surface area (Å²) in [5, 5.41) is 0. The number of sulfonamides is 1. The highest BCUT2D eigenvalue weighted by atomic mass is 32.2. The van der Waals surface area contributed by atoms with Gasteiger partial charge in [-0.1, -0.05) is 18.2 Å². The van der Waals surface area contributed by atoms with Gasteiger partial charge in [0.1, 0.15) is 0 Å². The molecule has 0 saturated carbocycles. The summed E-state index contributed by atoms with van der Waals surface area (Å²) in [6.45, 7) is 2.95. The highest BCUT2D eigenvalue weighted by Crippen LogP contribution is 2.25. The third-order valence-corrected chi connectivity index (χ3v) is 3.94. The molecular weight excluding hydrogens is 236 g/mol. The Morgan fingerprint density at radius 3 is 2.53 bits per heavy atom. The van der Waals surface area contributed by atoms with Crippen molar-refractivity contribution in [2.45, 2.75) is 25.4 Å². The smallest absolute Gasteiger partial charge is 0.209 e.